The summed E-state index contributed by atoms with van der Waals surface area (Å²) in [6.07, 6.45) is -0.843. The molecule has 1 atom stereocenters. The molecule has 18 heavy (non-hydrogen) atoms. The van der Waals surface area contributed by atoms with Gasteiger partial charge in [-0.25, -0.2) is 4.79 Å². The number of amides is 2. The fourth-order valence-corrected chi connectivity index (χ4v) is 1.47. The highest BCUT2D eigenvalue weighted by atomic mass is 16.5. The van der Waals surface area contributed by atoms with Gasteiger partial charge in [0.15, 0.2) is 0 Å². The van der Waals surface area contributed by atoms with Gasteiger partial charge in [-0.1, -0.05) is 6.92 Å². The highest BCUT2D eigenvalue weighted by Gasteiger charge is 2.19. The van der Waals surface area contributed by atoms with Gasteiger partial charge in [-0.15, -0.1) is 0 Å². The van der Waals surface area contributed by atoms with Gasteiger partial charge in [-0.2, -0.15) is 0 Å². The zero-order chi connectivity index (χ0) is 14.1. The van der Waals surface area contributed by atoms with E-state index in [9.17, 15) is 14.4 Å². The number of carboxylic acid groups (broad SMARTS) is 1. The number of nitrogens with one attached hydrogen (secondary N) is 1. The van der Waals surface area contributed by atoms with Crippen LogP contribution in [0.1, 0.15) is 27.2 Å². The van der Waals surface area contributed by atoms with Crippen LogP contribution in [0.25, 0.3) is 0 Å². The lowest BCUT2D eigenvalue weighted by Crippen LogP contribution is -2.44. The predicted octanol–water partition coefficient (Wildman–Crippen LogP) is 0.444. The van der Waals surface area contributed by atoms with Gasteiger partial charge in [-0.05, 0) is 20.4 Å². The number of imide groups is 1. The van der Waals surface area contributed by atoms with Crippen LogP contribution in [-0.2, 0) is 14.3 Å². The molecule has 0 bridgehead atoms. The second-order valence-corrected chi connectivity index (χ2v) is 3.78. The van der Waals surface area contributed by atoms with Crippen LogP contribution in [0.5, 0.6) is 0 Å². The Balaban J connectivity index is 4.23. The van der Waals surface area contributed by atoms with Gasteiger partial charge < -0.3 is 9.84 Å². The van der Waals surface area contributed by atoms with Crippen molar-refractivity contribution in [3.05, 3.63) is 0 Å². The molecule has 0 saturated carbocycles. The predicted molar refractivity (Wildman–Crippen MR) is 64.1 cm³/mol. The summed E-state index contributed by atoms with van der Waals surface area (Å²) in [6.45, 7) is 5.84. The number of hydrogen-bond donors (Lipinski definition) is 2. The first-order valence-electron chi connectivity index (χ1n) is 5.83. The van der Waals surface area contributed by atoms with Crippen molar-refractivity contribution in [2.45, 2.75) is 33.2 Å². The Morgan fingerprint density at radius 3 is 2.39 bits per heavy atom. The molecule has 1 unspecified atom stereocenters. The first-order chi connectivity index (χ1) is 8.40. The van der Waals surface area contributed by atoms with E-state index in [1.807, 2.05) is 6.92 Å². The number of carboxylic acids is 1. The Morgan fingerprint density at radius 1 is 1.33 bits per heavy atom. The Kier molecular flexibility index (Phi) is 7.69. The fourth-order valence-electron chi connectivity index (χ4n) is 1.47. The molecule has 0 saturated heterocycles. The number of ether oxygens (including phenoxy) is 1. The van der Waals surface area contributed by atoms with Crippen LogP contribution in [0.15, 0.2) is 0 Å². The summed E-state index contributed by atoms with van der Waals surface area (Å²) >= 11 is 0. The smallest absolute Gasteiger partial charge is 0.413 e. The minimum Gasteiger partial charge on any atom is -0.481 e. The van der Waals surface area contributed by atoms with Crippen LogP contribution in [0.2, 0.25) is 0 Å². The van der Waals surface area contributed by atoms with Crippen LogP contribution < -0.4 is 5.32 Å². The maximum atomic E-state index is 11.5. The lowest BCUT2D eigenvalue weighted by Gasteiger charge is -2.25. The van der Waals surface area contributed by atoms with Crippen molar-refractivity contribution in [1.29, 1.82) is 0 Å². The Bertz CT molecular complexity index is 306. The molecule has 0 spiro atoms. The number of carbonyl (C=O) groups excluding carboxylic acids is 2. The minimum absolute atomic E-state index is 0.0379. The summed E-state index contributed by atoms with van der Waals surface area (Å²) in [6, 6.07) is -0.277. The van der Waals surface area contributed by atoms with Gasteiger partial charge >= 0.3 is 12.1 Å². The largest absolute Gasteiger partial charge is 0.481 e. The summed E-state index contributed by atoms with van der Waals surface area (Å²) in [7, 11) is 0. The second-order valence-electron chi connectivity index (χ2n) is 3.78. The SMILES string of the molecule is CCOC(=O)NC(=O)CN(CC)C(C)CC(=O)O. The maximum Gasteiger partial charge on any atom is 0.413 e. The van der Waals surface area contributed by atoms with E-state index in [0.717, 1.165) is 0 Å². The molecule has 0 rings (SSSR count). The van der Waals surface area contributed by atoms with E-state index in [-0.39, 0.29) is 25.6 Å². The normalized spacial score (nSPS) is 12.0. The topological polar surface area (TPSA) is 95.9 Å². The molecule has 0 aliphatic rings. The van der Waals surface area contributed by atoms with Gasteiger partial charge in [0.2, 0.25) is 5.91 Å². The third-order valence-electron chi connectivity index (χ3n) is 2.36. The molecule has 0 heterocycles. The van der Waals surface area contributed by atoms with E-state index in [1.54, 1.807) is 18.7 Å². The highest BCUT2D eigenvalue weighted by Crippen LogP contribution is 2.03. The fraction of sp³-hybridized carbons (Fsp3) is 0.727. The molecule has 0 aliphatic heterocycles. The van der Waals surface area contributed by atoms with E-state index < -0.39 is 18.0 Å². The van der Waals surface area contributed by atoms with Gasteiger partial charge in [0.25, 0.3) is 0 Å². The third-order valence-corrected chi connectivity index (χ3v) is 2.36. The summed E-state index contributed by atoms with van der Waals surface area (Å²) in [5.74, 6) is -1.43. The number of likely N-dealkylation sites (N-methyl/N-ethyl adjacent to an activating group) is 1. The molecule has 0 fully saturated rings. The molecule has 7 nitrogen and oxygen atoms in total. The van der Waals surface area contributed by atoms with Gasteiger partial charge in [-0.3, -0.25) is 19.8 Å². The van der Waals surface area contributed by atoms with Crippen molar-refractivity contribution >= 4 is 18.0 Å². The average molecular weight is 260 g/mol. The first kappa shape index (κ1) is 16.4. The lowest BCUT2D eigenvalue weighted by molar-refractivity contribution is -0.138. The maximum absolute atomic E-state index is 11.5. The zero-order valence-corrected chi connectivity index (χ0v) is 10.9. The summed E-state index contributed by atoms with van der Waals surface area (Å²) in [4.78, 5) is 34.7. The van der Waals surface area contributed by atoms with Crippen LogP contribution >= 0.6 is 0 Å². The number of hydrogen-bond acceptors (Lipinski definition) is 5. The standard InChI is InChI=1S/C11H20N2O5/c1-4-13(8(3)6-10(15)16)7-9(14)12-11(17)18-5-2/h8H,4-7H2,1-3H3,(H,15,16)(H,12,14,17). The molecule has 0 radical (unpaired) electrons. The number of aliphatic carboxylic acids is 1. The molecule has 2 N–H and O–H groups in total. The van der Waals surface area contributed by atoms with Crippen molar-refractivity contribution in [2.75, 3.05) is 19.7 Å². The average Bonchev–Trinajstić information content (AvgIpc) is 2.24. The zero-order valence-electron chi connectivity index (χ0n) is 10.9. The van der Waals surface area contributed by atoms with Crippen LogP contribution in [0.4, 0.5) is 4.79 Å². The van der Waals surface area contributed by atoms with E-state index in [0.29, 0.717) is 6.54 Å². The third kappa shape index (κ3) is 6.85. The lowest BCUT2D eigenvalue weighted by atomic mass is 10.2. The molecule has 0 aromatic heterocycles. The monoisotopic (exact) mass is 260 g/mol. The Labute approximate surface area is 106 Å². The number of carbonyl (C=O) groups is 3. The van der Waals surface area contributed by atoms with Crippen LogP contribution in [-0.4, -0.2) is 53.7 Å². The molecule has 7 heteroatoms. The van der Waals surface area contributed by atoms with Crippen LogP contribution in [0, 0.1) is 0 Å². The Hall–Kier alpha value is -1.63. The molecular formula is C11H20N2O5. The quantitative estimate of drug-likeness (QED) is 0.689. The van der Waals surface area contributed by atoms with Gasteiger partial charge in [0.05, 0.1) is 19.6 Å². The van der Waals surface area contributed by atoms with Gasteiger partial charge in [0, 0.05) is 6.04 Å². The van der Waals surface area contributed by atoms with E-state index >= 15 is 0 Å². The molecule has 0 aromatic rings. The summed E-state index contributed by atoms with van der Waals surface area (Å²) in [5.41, 5.74) is 0. The molecule has 0 aliphatic carbocycles. The number of nitrogens with zero attached hydrogens (tertiary/aromatic N) is 1. The van der Waals surface area contributed by atoms with Crippen molar-refractivity contribution in [1.82, 2.24) is 10.2 Å². The summed E-state index contributed by atoms with van der Waals surface area (Å²) < 4.78 is 4.57. The van der Waals surface area contributed by atoms with Gasteiger partial charge in [0.1, 0.15) is 0 Å². The van der Waals surface area contributed by atoms with E-state index in [1.165, 1.54) is 0 Å². The molecule has 2 amide bonds. The van der Waals surface area contributed by atoms with Crippen molar-refractivity contribution in [3.8, 4) is 0 Å². The minimum atomic E-state index is -0.924. The van der Waals surface area contributed by atoms with Crippen molar-refractivity contribution in [3.63, 3.8) is 0 Å². The second kappa shape index (κ2) is 8.46. The van der Waals surface area contributed by atoms with Crippen molar-refractivity contribution in [2.24, 2.45) is 0 Å². The van der Waals surface area contributed by atoms with E-state index in [2.05, 4.69) is 10.1 Å². The Morgan fingerprint density at radius 2 is 1.94 bits per heavy atom. The molecule has 0 aromatic carbocycles. The molecule has 104 valence electrons. The van der Waals surface area contributed by atoms with Crippen molar-refractivity contribution < 1.29 is 24.2 Å². The molecular weight excluding hydrogens is 240 g/mol. The van der Waals surface area contributed by atoms with E-state index in [4.69, 9.17) is 5.11 Å². The van der Waals surface area contributed by atoms with Crippen LogP contribution in [0.3, 0.4) is 0 Å². The highest BCUT2D eigenvalue weighted by molar-refractivity contribution is 5.92. The number of alkyl carbamates (subject to hydrolysis) is 1. The summed E-state index contributed by atoms with van der Waals surface area (Å²) in [5, 5.41) is 10.7. The number of rotatable bonds is 7. The first-order valence-corrected chi connectivity index (χ1v) is 5.83.